The van der Waals surface area contributed by atoms with E-state index in [-0.39, 0.29) is 12.4 Å². The number of hydrogen-bond donors (Lipinski definition) is 0. The molecule has 0 amide bonds. The van der Waals surface area contributed by atoms with E-state index < -0.39 is 0 Å². The number of anilines is 1. The molecular weight excluding hydrogens is 463 g/mol. The molecule has 2 aliphatic rings. The van der Waals surface area contributed by atoms with Gasteiger partial charge in [-0.15, -0.1) is 23.7 Å². The average molecular weight is 487 g/mol. The highest BCUT2D eigenvalue weighted by molar-refractivity contribution is 7.09. The number of aromatic nitrogens is 5. The van der Waals surface area contributed by atoms with Crippen LogP contribution in [-0.4, -0.2) is 37.7 Å². The number of rotatable bonds is 2. The van der Waals surface area contributed by atoms with Crippen molar-refractivity contribution < 1.29 is 0 Å². The third kappa shape index (κ3) is 3.29. The summed E-state index contributed by atoms with van der Waals surface area (Å²) in [5, 5.41) is 5.29. The normalized spacial score (nSPS) is 17.0. The summed E-state index contributed by atoms with van der Waals surface area (Å²) in [4.78, 5) is 17.9. The van der Waals surface area contributed by atoms with Gasteiger partial charge < -0.3 is 4.90 Å². The van der Waals surface area contributed by atoms with Crippen molar-refractivity contribution in [1.29, 1.82) is 0 Å². The van der Waals surface area contributed by atoms with E-state index in [0.717, 1.165) is 53.5 Å². The lowest BCUT2D eigenvalue weighted by molar-refractivity contribution is 0.232. The standard InChI is InChI=1S/C23H23ClN6S.ClH/c1-14-20(24)16(3-7-25-14)21-15(2)28-22(18-4-8-27-30(18)21)29-9-5-23(6-10-29)11-17-19(12-23)31-13-26-17;/h3-4,7-8,13H,5-6,9-12H2,1-2H3;1H. The molecule has 4 aromatic heterocycles. The number of aryl methyl sites for hydroxylation is 2. The van der Waals surface area contributed by atoms with Crippen LogP contribution in [0.4, 0.5) is 5.82 Å². The number of halogens is 2. The van der Waals surface area contributed by atoms with Crippen molar-refractivity contribution in [2.24, 2.45) is 5.41 Å². The number of hydrogen-bond acceptors (Lipinski definition) is 6. The molecule has 1 fully saturated rings. The molecule has 0 bridgehead atoms. The Morgan fingerprint density at radius 3 is 2.62 bits per heavy atom. The molecule has 4 aromatic rings. The Hall–Kier alpha value is -2.22. The van der Waals surface area contributed by atoms with Crippen LogP contribution in [-0.2, 0) is 12.8 Å². The molecular formula is C23H24Cl2N6S. The van der Waals surface area contributed by atoms with Crippen molar-refractivity contribution in [2.45, 2.75) is 39.5 Å². The van der Waals surface area contributed by atoms with Gasteiger partial charge in [-0.2, -0.15) is 5.10 Å². The van der Waals surface area contributed by atoms with E-state index in [2.05, 4.69) is 26.0 Å². The van der Waals surface area contributed by atoms with E-state index in [0.29, 0.717) is 10.4 Å². The van der Waals surface area contributed by atoms with Crippen molar-refractivity contribution in [3.05, 3.63) is 57.0 Å². The lowest BCUT2D eigenvalue weighted by Crippen LogP contribution is -2.41. The molecule has 1 aliphatic carbocycles. The zero-order valence-electron chi connectivity index (χ0n) is 18.0. The predicted molar refractivity (Wildman–Crippen MR) is 131 cm³/mol. The largest absolute Gasteiger partial charge is 0.355 e. The zero-order valence-corrected chi connectivity index (χ0v) is 20.4. The SMILES string of the molecule is Cc1nccc(-c2c(C)nc(N3CCC4(CC3)Cc3ncsc3C4)c3ccnn23)c1Cl.Cl. The van der Waals surface area contributed by atoms with Gasteiger partial charge in [0.05, 0.1) is 39.5 Å². The van der Waals surface area contributed by atoms with Crippen LogP contribution in [0.15, 0.2) is 30.0 Å². The summed E-state index contributed by atoms with van der Waals surface area (Å²) in [7, 11) is 0. The van der Waals surface area contributed by atoms with Gasteiger partial charge in [0.1, 0.15) is 5.52 Å². The predicted octanol–water partition coefficient (Wildman–Crippen LogP) is 5.33. The first-order chi connectivity index (χ1) is 15.0. The average Bonchev–Trinajstić information content (AvgIpc) is 3.47. The van der Waals surface area contributed by atoms with Gasteiger partial charge in [-0.05, 0) is 57.1 Å². The summed E-state index contributed by atoms with van der Waals surface area (Å²) in [5.41, 5.74) is 8.32. The summed E-state index contributed by atoms with van der Waals surface area (Å²) in [5.74, 6) is 1.02. The second-order valence-corrected chi connectivity index (χ2v) is 10.1. The number of piperidine rings is 1. The van der Waals surface area contributed by atoms with Gasteiger partial charge in [-0.25, -0.2) is 14.5 Å². The van der Waals surface area contributed by atoms with E-state index in [4.69, 9.17) is 16.6 Å². The molecule has 1 saturated heterocycles. The molecule has 1 aliphatic heterocycles. The van der Waals surface area contributed by atoms with Crippen molar-refractivity contribution in [3.8, 4) is 11.3 Å². The number of fused-ring (bicyclic) bond motifs is 2. The molecule has 0 aromatic carbocycles. The summed E-state index contributed by atoms with van der Waals surface area (Å²) in [6, 6.07) is 3.99. The van der Waals surface area contributed by atoms with Crippen molar-refractivity contribution in [3.63, 3.8) is 0 Å². The number of thiazole rings is 1. The maximum atomic E-state index is 6.61. The van der Waals surface area contributed by atoms with E-state index in [1.807, 2.05) is 47.5 Å². The van der Waals surface area contributed by atoms with Crippen molar-refractivity contribution >= 4 is 46.7 Å². The molecule has 5 heterocycles. The quantitative estimate of drug-likeness (QED) is 0.383. The highest BCUT2D eigenvalue weighted by Crippen LogP contribution is 2.46. The first kappa shape index (κ1) is 21.6. The minimum absolute atomic E-state index is 0. The minimum Gasteiger partial charge on any atom is -0.355 e. The number of nitrogens with zero attached hydrogens (tertiary/aromatic N) is 6. The third-order valence-electron chi connectivity index (χ3n) is 6.95. The summed E-state index contributed by atoms with van der Waals surface area (Å²) in [6.07, 6.45) is 8.31. The van der Waals surface area contributed by atoms with Crippen LogP contribution in [0.5, 0.6) is 0 Å². The van der Waals surface area contributed by atoms with Crippen LogP contribution < -0.4 is 4.90 Å². The fourth-order valence-electron chi connectivity index (χ4n) is 5.23. The summed E-state index contributed by atoms with van der Waals surface area (Å²) >= 11 is 8.43. The molecule has 32 heavy (non-hydrogen) atoms. The molecule has 0 atom stereocenters. The van der Waals surface area contributed by atoms with Gasteiger partial charge in [0, 0.05) is 29.7 Å². The third-order valence-corrected chi connectivity index (χ3v) is 8.30. The van der Waals surface area contributed by atoms with E-state index in [1.165, 1.54) is 29.8 Å². The van der Waals surface area contributed by atoms with Crippen LogP contribution in [0.1, 0.15) is 34.8 Å². The molecule has 0 N–H and O–H groups in total. The Morgan fingerprint density at radius 1 is 1.03 bits per heavy atom. The highest BCUT2D eigenvalue weighted by atomic mass is 35.5. The minimum atomic E-state index is 0. The monoisotopic (exact) mass is 486 g/mol. The second-order valence-electron chi connectivity index (χ2n) is 8.82. The van der Waals surface area contributed by atoms with Gasteiger partial charge in [0.2, 0.25) is 0 Å². The van der Waals surface area contributed by atoms with Crippen molar-refractivity contribution in [2.75, 3.05) is 18.0 Å². The lowest BCUT2D eigenvalue weighted by atomic mass is 9.76. The topological polar surface area (TPSA) is 59.2 Å². The maximum Gasteiger partial charge on any atom is 0.155 e. The van der Waals surface area contributed by atoms with Gasteiger partial charge in [-0.3, -0.25) is 4.98 Å². The molecule has 0 radical (unpaired) electrons. The molecule has 1 spiro atoms. The summed E-state index contributed by atoms with van der Waals surface area (Å²) in [6.45, 7) is 5.98. The smallest absolute Gasteiger partial charge is 0.155 e. The van der Waals surface area contributed by atoms with Crippen LogP contribution in [0.25, 0.3) is 16.8 Å². The van der Waals surface area contributed by atoms with Gasteiger partial charge in [-0.1, -0.05) is 11.6 Å². The Labute approximate surface area is 202 Å². The van der Waals surface area contributed by atoms with E-state index >= 15 is 0 Å². The van der Waals surface area contributed by atoms with Gasteiger partial charge >= 0.3 is 0 Å². The molecule has 6 rings (SSSR count). The van der Waals surface area contributed by atoms with Crippen LogP contribution in [0.3, 0.4) is 0 Å². The molecule has 0 saturated carbocycles. The molecule has 6 nitrogen and oxygen atoms in total. The van der Waals surface area contributed by atoms with E-state index in [1.54, 1.807) is 6.20 Å². The Morgan fingerprint density at radius 2 is 1.84 bits per heavy atom. The fraction of sp³-hybridized carbons (Fsp3) is 0.391. The number of pyridine rings is 1. The van der Waals surface area contributed by atoms with Crippen LogP contribution in [0.2, 0.25) is 5.02 Å². The van der Waals surface area contributed by atoms with Crippen LogP contribution in [0, 0.1) is 19.3 Å². The van der Waals surface area contributed by atoms with Crippen LogP contribution >= 0.6 is 35.3 Å². The Kier molecular flexibility index (Phi) is 5.39. The summed E-state index contributed by atoms with van der Waals surface area (Å²) < 4.78 is 1.99. The first-order valence-corrected chi connectivity index (χ1v) is 11.9. The fourth-order valence-corrected chi connectivity index (χ4v) is 6.39. The van der Waals surface area contributed by atoms with Crippen molar-refractivity contribution in [1.82, 2.24) is 24.6 Å². The zero-order chi connectivity index (χ0) is 21.2. The first-order valence-electron chi connectivity index (χ1n) is 10.7. The Balaban J connectivity index is 0.00000216. The van der Waals surface area contributed by atoms with E-state index in [9.17, 15) is 0 Å². The Bertz CT molecular complexity index is 1280. The maximum absolute atomic E-state index is 6.61. The lowest BCUT2D eigenvalue weighted by Gasteiger charge is -2.40. The highest BCUT2D eigenvalue weighted by Gasteiger charge is 2.41. The second kappa shape index (κ2) is 7.97. The van der Waals surface area contributed by atoms with Gasteiger partial charge in [0.15, 0.2) is 5.82 Å². The molecule has 0 unspecified atom stereocenters. The molecule has 166 valence electrons. The molecule has 9 heteroatoms. The van der Waals surface area contributed by atoms with Gasteiger partial charge in [0.25, 0.3) is 0 Å².